The van der Waals surface area contributed by atoms with Crippen molar-refractivity contribution in [1.29, 1.82) is 0 Å². The van der Waals surface area contributed by atoms with Crippen molar-refractivity contribution in [3.63, 3.8) is 0 Å². The lowest BCUT2D eigenvalue weighted by atomic mass is 10.5. The minimum absolute atomic E-state index is 0.348. The molecule has 0 aliphatic carbocycles. The van der Waals surface area contributed by atoms with Crippen LogP contribution in [0.5, 0.6) is 0 Å². The Kier molecular flexibility index (Phi) is 1.87. The van der Waals surface area contributed by atoms with Crippen LogP contribution in [0.4, 0.5) is 0 Å². The SMILES string of the molecule is C#CCn1cnc2c(Cl)ncnc21. The molecular formula is C8H5ClN4. The van der Waals surface area contributed by atoms with E-state index in [0.717, 1.165) is 0 Å². The molecule has 2 aromatic heterocycles. The fourth-order valence-electron chi connectivity index (χ4n) is 1.07. The van der Waals surface area contributed by atoms with E-state index in [9.17, 15) is 0 Å². The molecule has 0 amide bonds. The molecule has 0 saturated heterocycles. The van der Waals surface area contributed by atoms with Gasteiger partial charge in [-0.15, -0.1) is 6.42 Å². The van der Waals surface area contributed by atoms with E-state index in [0.29, 0.717) is 22.9 Å². The standard InChI is InChI=1S/C8H5ClN4/c1-2-3-13-5-12-6-7(9)10-4-11-8(6)13/h1,4-5H,3H2. The molecule has 5 heteroatoms. The summed E-state index contributed by atoms with van der Waals surface area (Å²) >= 11 is 5.79. The number of imidazole rings is 1. The van der Waals surface area contributed by atoms with Gasteiger partial charge >= 0.3 is 0 Å². The third-order valence-electron chi connectivity index (χ3n) is 1.62. The van der Waals surface area contributed by atoms with E-state index >= 15 is 0 Å². The van der Waals surface area contributed by atoms with Crippen LogP contribution in [0.3, 0.4) is 0 Å². The molecule has 0 fully saturated rings. The summed E-state index contributed by atoms with van der Waals surface area (Å²) in [5, 5.41) is 0.348. The Hall–Kier alpha value is -1.60. The topological polar surface area (TPSA) is 43.6 Å². The number of hydrogen-bond donors (Lipinski definition) is 0. The fourth-order valence-corrected chi connectivity index (χ4v) is 1.24. The van der Waals surface area contributed by atoms with E-state index in [1.54, 1.807) is 10.9 Å². The number of halogens is 1. The molecular weight excluding hydrogens is 188 g/mol. The van der Waals surface area contributed by atoms with Crippen LogP contribution in [0.1, 0.15) is 0 Å². The number of nitrogens with zero attached hydrogens (tertiary/aromatic N) is 4. The van der Waals surface area contributed by atoms with Crippen molar-refractivity contribution in [2.45, 2.75) is 6.54 Å². The third kappa shape index (κ3) is 1.23. The Morgan fingerprint density at radius 3 is 3.08 bits per heavy atom. The quantitative estimate of drug-likeness (QED) is 0.502. The molecule has 0 aromatic carbocycles. The van der Waals surface area contributed by atoms with Crippen molar-refractivity contribution < 1.29 is 0 Å². The second-order valence-corrected chi connectivity index (χ2v) is 2.77. The molecule has 0 unspecified atom stereocenters. The first-order valence-electron chi connectivity index (χ1n) is 3.57. The van der Waals surface area contributed by atoms with E-state index in [4.69, 9.17) is 18.0 Å². The van der Waals surface area contributed by atoms with Gasteiger partial charge in [-0.25, -0.2) is 15.0 Å². The van der Waals surface area contributed by atoms with E-state index < -0.39 is 0 Å². The van der Waals surface area contributed by atoms with Crippen LogP contribution >= 0.6 is 11.6 Å². The Bertz CT molecular complexity index is 482. The largest absolute Gasteiger partial charge is 0.303 e. The lowest BCUT2D eigenvalue weighted by molar-refractivity contribution is 0.856. The maximum Gasteiger partial charge on any atom is 0.165 e. The van der Waals surface area contributed by atoms with Gasteiger partial charge in [0.05, 0.1) is 12.9 Å². The lowest BCUT2D eigenvalue weighted by Crippen LogP contribution is -1.94. The van der Waals surface area contributed by atoms with Crippen LogP contribution < -0.4 is 0 Å². The van der Waals surface area contributed by atoms with Gasteiger partial charge < -0.3 is 4.57 Å². The highest BCUT2D eigenvalue weighted by atomic mass is 35.5. The first kappa shape index (κ1) is 8.02. The Morgan fingerprint density at radius 2 is 2.31 bits per heavy atom. The van der Waals surface area contributed by atoms with Crippen molar-refractivity contribution in [3.05, 3.63) is 17.8 Å². The number of fused-ring (bicyclic) bond motifs is 1. The molecule has 2 heterocycles. The summed E-state index contributed by atoms with van der Waals surface area (Å²) in [6.45, 7) is 0.434. The van der Waals surface area contributed by atoms with E-state index in [1.807, 2.05) is 0 Å². The summed E-state index contributed by atoms with van der Waals surface area (Å²) in [4.78, 5) is 11.9. The fraction of sp³-hybridized carbons (Fsp3) is 0.125. The van der Waals surface area contributed by atoms with E-state index in [-0.39, 0.29) is 0 Å². The number of hydrogen-bond acceptors (Lipinski definition) is 3. The molecule has 0 aliphatic heterocycles. The number of aromatic nitrogens is 4. The molecule has 4 nitrogen and oxygen atoms in total. The maximum absolute atomic E-state index is 5.79. The molecule has 2 aromatic rings. The molecule has 0 bridgehead atoms. The number of terminal acetylenes is 1. The maximum atomic E-state index is 5.79. The second-order valence-electron chi connectivity index (χ2n) is 2.41. The minimum Gasteiger partial charge on any atom is -0.303 e. The molecule has 0 aliphatic rings. The van der Waals surface area contributed by atoms with Gasteiger partial charge in [-0.1, -0.05) is 17.5 Å². The van der Waals surface area contributed by atoms with Crippen LogP contribution in [-0.2, 0) is 6.54 Å². The minimum atomic E-state index is 0.348. The smallest absolute Gasteiger partial charge is 0.165 e. The predicted octanol–water partition coefficient (Wildman–Crippen LogP) is 1.11. The van der Waals surface area contributed by atoms with Crippen LogP contribution in [0, 0.1) is 12.3 Å². The molecule has 2 rings (SSSR count). The van der Waals surface area contributed by atoms with Gasteiger partial charge in [0.25, 0.3) is 0 Å². The molecule has 0 atom stereocenters. The average Bonchev–Trinajstić information content (AvgIpc) is 2.51. The van der Waals surface area contributed by atoms with Crippen molar-refractivity contribution in [3.8, 4) is 12.3 Å². The highest BCUT2D eigenvalue weighted by Crippen LogP contribution is 2.16. The van der Waals surface area contributed by atoms with Crippen LogP contribution in [0.25, 0.3) is 11.2 Å². The highest BCUT2D eigenvalue weighted by molar-refractivity contribution is 6.33. The van der Waals surface area contributed by atoms with Crippen molar-refractivity contribution >= 4 is 22.8 Å². The second kappa shape index (κ2) is 3.04. The molecule has 0 radical (unpaired) electrons. The van der Waals surface area contributed by atoms with Gasteiger partial charge in [0.1, 0.15) is 11.8 Å². The average molecular weight is 193 g/mol. The first-order valence-corrected chi connectivity index (χ1v) is 3.95. The molecule has 64 valence electrons. The molecule has 13 heavy (non-hydrogen) atoms. The van der Waals surface area contributed by atoms with Gasteiger partial charge in [0.15, 0.2) is 10.8 Å². The zero-order valence-corrected chi connectivity index (χ0v) is 7.36. The van der Waals surface area contributed by atoms with Crippen molar-refractivity contribution in [2.75, 3.05) is 0 Å². The zero-order valence-electron chi connectivity index (χ0n) is 6.61. The van der Waals surface area contributed by atoms with Crippen molar-refractivity contribution in [1.82, 2.24) is 19.5 Å². The number of rotatable bonds is 1. The summed E-state index contributed by atoms with van der Waals surface area (Å²) in [5.41, 5.74) is 1.25. The monoisotopic (exact) mass is 192 g/mol. The van der Waals surface area contributed by atoms with Gasteiger partial charge in [0, 0.05) is 0 Å². The Morgan fingerprint density at radius 1 is 1.46 bits per heavy atom. The summed E-state index contributed by atoms with van der Waals surface area (Å²) in [7, 11) is 0. The van der Waals surface area contributed by atoms with Gasteiger partial charge in [0.2, 0.25) is 0 Å². The van der Waals surface area contributed by atoms with E-state index in [2.05, 4.69) is 20.9 Å². The van der Waals surface area contributed by atoms with Crippen molar-refractivity contribution in [2.24, 2.45) is 0 Å². The van der Waals surface area contributed by atoms with Crippen LogP contribution in [0.15, 0.2) is 12.7 Å². The predicted molar refractivity (Wildman–Crippen MR) is 49.2 cm³/mol. The summed E-state index contributed by atoms with van der Waals surface area (Å²) in [6.07, 6.45) is 8.16. The van der Waals surface area contributed by atoms with Crippen LogP contribution in [-0.4, -0.2) is 19.5 Å². The highest BCUT2D eigenvalue weighted by Gasteiger charge is 2.06. The summed E-state index contributed by atoms with van der Waals surface area (Å²) in [6, 6.07) is 0. The summed E-state index contributed by atoms with van der Waals surface area (Å²) in [5.74, 6) is 2.50. The first-order chi connectivity index (χ1) is 6.33. The lowest BCUT2D eigenvalue weighted by Gasteiger charge is -1.95. The molecule has 0 spiro atoms. The summed E-state index contributed by atoms with van der Waals surface area (Å²) < 4.78 is 1.74. The molecule has 0 saturated carbocycles. The van der Waals surface area contributed by atoms with E-state index in [1.165, 1.54) is 6.33 Å². The van der Waals surface area contributed by atoms with Crippen LogP contribution in [0.2, 0.25) is 5.15 Å². The third-order valence-corrected chi connectivity index (χ3v) is 1.89. The Balaban J connectivity index is 2.70. The Labute approximate surface area is 79.6 Å². The van der Waals surface area contributed by atoms with Gasteiger partial charge in [-0.3, -0.25) is 0 Å². The van der Waals surface area contributed by atoms with Gasteiger partial charge in [-0.05, 0) is 0 Å². The molecule has 0 N–H and O–H groups in total. The zero-order chi connectivity index (χ0) is 9.26. The van der Waals surface area contributed by atoms with Gasteiger partial charge in [-0.2, -0.15) is 0 Å². The normalized spacial score (nSPS) is 10.2.